The predicted molar refractivity (Wildman–Crippen MR) is 87.2 cm³/mol. The molecule has 5 rings (SSSR count). The predicted octanol–water partition coefficient (Wildman–Crippen LogP) is 3.49. The highest BCUT2D eigenvalue weighted by molar-refractivity contribution is 9.10. The van der Waals surface area contributed by atoms with E-state index in [1.165, 1.54) is 44.1 Å². The highest BCUT2D eigenvalue weighted by atomic mass is 79.9. The van der Waals surface area contributed by atoms with Crippen LogP contribution < -0.4 is 10.1 Å². The maximum atomic E-state index is 5.53. The molecule has 3 heteroatoms. The number of methoxy groups -OCH3 is 1. The first-order valence-corrected chi connectivity index (χ1v) is 9.12. The zero-order chi connectivity index (χ0) is 14.4. The Morgan fingerprint density at radius 2 is 1.76 bits per heavy atom. The second-order valence-corrected chi connectivity index (χ2v) is 8.56. The smallest absolute Gasteiger partial charge is 0.127 e. The van der Waals surface area contributed by atoms with Crippen molar-refractivity contribution in [2.24, 2.45) is 17.8 Å². The summed E-state index contributed by atoms with van der Waals surface area (Å²) in [5, 5.41) is 2.65. The molecule has 0 aliphatic heterocycles. The molecule has 4 fully saturated rings. The van der Waals surface area contributed by atoms with E-state index in [1.54, 1.807) is 7.11 Å². The van der Waals surface area contributed by atoms with Crippen LogP contribution >= 0.6 is 15.9 Å². The van der Waals surface area contributed by atoms with Crippen molar-refractivity contribution in [2.75, 3.05) is 7.11 Å². The topological polar surface area (TPSA) is 25.8 Å². The largest absolute Gasteiger partial charge is 0.496 e. The highest BCUT2D eigenvalue weighted by Gasteiger charge is 2.53. The van der Waals surface area contributed by atoms with Crippen LogP contribution in [-0.4, -0.2) is 12.6 Å². The second kappa shape index (κ2) is 5.27. The third-order valence-electron chi connectivity index (χ3n) is 6.08. The molecule has 0 atom stereocenters. The Kier molecular flexibility index (Phi) is 3.54. The Balaban J connectivity index is 1.51. The van der Waals surface area contributed by atoms with Crippen molar-refractivity contribution >= 4 is 15.9 Å². The van der Waals surface area contributed by atoms with Gasteiger partial charge in [0.15, 0.2) is 0 Å². The summed E-state index contributed by atoms with van der Waals surface area (Å²) in [5.41, 5.74) is 1.87. The maximum Gasteiger partial charge on any atom is 0.127 e. The van der Waals surface area contributed by atoms with Gasteiger partial charge in [0.05, 0.1) is 12.6 Å². The Labute approximate surface area is 135 Å². The SMILES string of the molecule is COc1ccc(Br)cc1C[NH2+]C12CC3CC(CC(C3)C1)C2. The molecule has 2 nitrogen and oxygen atoms in total. The summed E-state index contributed by atoms with van der Waals surface area (Å²) in [7, 11) is 1.78. The second-order valence-electron chi connectivity index (χ2n) is 7.64. The van der Waals surface area contributed by atoms with Gasteiger partial charge in [-0.25, -0.2) is 0 Å². The third kappa shape index (κ3) is 2.63. The van der Waals surface area contributed by atoms with Crippen LogP contribution in [0.1, 0.15) is 44.1 Å². The molecule has 4 saturated carbocycles. The zero-order valence-corrected chi connectivity index (χ0v) is 14.4. The van der Waals surface area contributed by atoms with E-state index in [4.69, 9.17) is 4.74 Å². The molecule has 1 aromatic carbocycles. The van der Waals surface area contributed by atoms with Crippen LogP contribution in [0.15, 0.2) is 22.7 Å². The van der Waals surface area contributed by atoms with Crippen LogP contribution in [0.2, 0.25) is 0 Å². The molecule has 0 radical (unpaired) electrons. The third-order valence-corrected chi connectivity index (χ3v) is 6.58. The Hall–Kier alpha value is -0.540. The van der Waals surface area contributed by atoms with Crippen molar-refractivity contribution in [1.82, 2.24) is 0 Å². The summed E-state index contributed by atoms with van der Waals surface area (Å²) < 4.78 is 6.68. The van der Waals surface area contributed by atoms with Crippen LogP contribution in [0.4, 0.5) is 0 Å². The van der Waals surface area contributed by atoms with Gasteiger partial charge in [-0.1, -0.05) is 15.9 Å². The van der Waals surface area contributed by atoms with Crippen molar-refractivity contribution < 1.29 is 10.1 Å². The van der Waals surface area contributed by atoms with Crippen molar-refractivity contribution in [3.05, 3.63) is 28.2 Å². The quantitative estimate of drug-likeness (QED) is 0.883. The van der Waals surface area contributed by atoms with Gasteiger partial charge in [0.25, 0.3) is 0 Å². The van der Waals surface area contributed by atoms with Gasteiger partial charge in [-0.05, 0) is 55.2 Å². The fourth-order valence-corrected chi connectivity index (χ4v) is 6.07. The molecular weight excluding hydrogens is 326 g/mol. The molecule has 114 valence electrons. The fraction of sp³-hybridized carbons (Fsp3) is 0.667. The number of benzene rings is 1. The molecule has 0 spiro atoms. The normalized spacial score (nSPS) is 37.0. The molecule has 0 unspecified atom stereocenters. The Bertz CT molecular complexity index is 507. The van der Waals surface area contributed by atoms with E-state index < -0.39 is 0 Å². The first-order valence-electron chi connectivity index (χ1n) is 8.32. The minimum Gasteiger partial charge on any atom is -0.496 e. The molecule has 4 aliphatic rings. The minimum atomic E-state index is 0.544. The van der Waals surface area contributed by atoms with E-state index in [0.717, 1.165) is 34.5 Å². The van der Waals surface area contributed by atoms with Crippen LogP contribution in [-0.2, 0) is 6.54 Å². The van der Waals surface area contributed by atoms with Gasteiger partial charge in [-0.2, -0.15) is 0 Å². The molecule has 2 N–H and O–H groups in total. The van der Waals surface area contributed by atoms with E-state index in [1.807, 2.05) is 0 Å². The number of nitrogens with two attached hydrogens (primary N) is 1. The summed E-state index contributed by atoms with van der Waals surface area (Å²) in [4.78, 5) is 0. The van der Waals surface area contributed by atoms with E-state index in [0.29, 0.717) is 5.54 Å². The number of ether oxygens (including phenoxy) is 1. The number of halogens is 1. The summed E-state index contributed by atoms with van der Waals surface area (Å²) in [6.45, 7) is 1.05. The first-order chi connectivity index (χ1) is 10.2. The van der Waals surface area contributed by atoms with E-state index in [9.17, 15) is 0 Å². The highest BCUT2D eigenvalue weighted by Crippen LogP contribution is 2.54. The van der Waals surface area contributed by atoms with Crippen LogP contribution in [0.3, 0.4) is 0 Å². The van der Waals surface area contributed by atoms with E-state index >= 15 is 0 Å². The van der Waals surface area contributed by atoms with Crippen LogP contribution in [0.5, 0.6) is 5.75 Å². The molecule has 1 aromatic rings. The minimum absolute atomic E-state index is 0.544. The maximum absolute atomic E-state index is 5.53. The first kappa shape index (κ1) is 14.1. The molecule has 0 saturated heterocycles. The Morgan fingerprint density at radius 1 is 1.14 bits per heavy atom. The lowest BCUT2D eigenvalue weighted by molar-refractivity contribution is -0.752. The lowest BCUT2D eigenvalue weighted by Crippen LogP contribution is -2.97. The summed E-state index contributed by atoms with van der Waals surface area (Å²) in [6.07, 6.45) is 8.92. The monoisotopic (exact) mass is 350 g/mol. The molecule has 0 amide bonds. The number of hydrogen-bond donors (Lipinski definition) is 1. The molecular formula is C18H25BrNO+. The van der Waals surface area contributed by atoms with Crippen molar-refractivity contribution in [1.29, 1.82) is 0 Å². The standard InChI is InChI=1S/C18H24BrNO/c1-21-17-3-2-16(19)7-15(17)11-20-18-8-12-4-13(9-18)6-14(5-12)10-18/h2-3,7,12-14,20H,4-6,8-11H2,1H3/p+1. The van der Waals surface area contributed by atoms with E-state index in [2.05, 4.69) is 39.4 Å². The van der Waals surface area contributed by atoms with Gasteiger partial charge in [0, 0.05) is 29.3 Å². The van der Waals surface area contributed by atoms with Crippen molar-refractivity contribution in [3.8, 4) is 5.75 Å². The van der Waals surface area contributed by atoms with Crippen LogP contribution in [0.25, 0.3) is 0 Å². The van der Waals surface area contributed by atoms with Gasteiger partial charge >= 0.3 is 0 Å². The summed E-state index contributed by atoms with van der Waals surface area (Å²) in [6, 6.07) is 6.36. The molecule has 4 bridgehead atoms. The average molecular weight is 351 g/mol. The molecule has 4 aliphatic carbocycles. The lowest BCUT2D eigenvalue weighted by atomic mass is 9.53. The van der Waals surface area contributed by atoms with E-state index in [-0.39, 0.29) is 0 Å². The van der Waals surface area contributed by atoms with Crippen LogP contribution in [0, 0.1) is 17.8 Å². The number of quaternary nitrogens is 1. The average Bonchev–Trinajstić information content (AvgIpc) is 2.44. The van der Waals surface area contributed by atoms with Crippen molar-refractivity contribution in [2.45, 2.75) is 50.6 Å². The number of hydrogen-bond acceptors (Lipinski definition) is 1. The number of rotatable bonds is 4. The molecule has 0 aromatic heterocycles. The molecule has 0 heterocycles. The van der Waals surface area contributed by atoms with Crippen molar-refractivity contribution in [3.63, 3.8) is 0 Å². The van der Waals surface area contributed by atoms with Gasteiger partial charge in [0.2, 0.25) is 0 Å². The van der Waals surface area contributed by atoms with Gasteiger partial charge in [0.1, 0.15) is 12.3 Å². The fourth-order valence-electron chi connectivity index (χ4n) is 5.66. The lowest BCUT2D eigenvalue weighted by Gasteiger charge is -2.54. The molecule has 21 heavy (non-hydrogen) atoms. The Morgan fingerprint density at radius 3 is 2.33 bits per heavy atom. The van der Waals surface area contributed by atoms with Gasteiger partial charge in [-0.15, -0.1) is 0 Å². The van der Waals surface area contributed by atoms with Gasteiger partial charge in [-0.3, -0.25) is 0 Å². The van der Waals surface area contributed by atoms with Gasteiger partial charge < -0.3 is 10.1 Å². The summed E-state index contributed by atoms with van der Waals surface area (Å²) in [5.74, 6) is 4.10. The zero-order valence-electron chi connectivity index (χ0n) is 12.8. The summed E-state index contributed by atoms with van der Waals surface area (Å²) >= 11 is 3.59.